The van der Waals surface area contributed by atoms with E-state index in [9.17, 15) is 13.2 Å². The number of rotatable bonds is 3. The van der Waals surface area contributed by atoms with E-state index in [4.69, 9.17) is 16.3 Å². The van der Waals surface area contributed by atoms with E-state index in [1.54, 1.807) is 12.1 Å². The first-order chi connectivity index (χ1) is 11.4. The van der Waals surface area contributed by atoms with E-state index in [2.05, 4.69) is 0 Å². The topological polar surface area (TPSA) is 63.7 Å². The lowest BCUT2D eigenvalue weighted by molar-refractivity contribution is -0.140. The second-order valence-corrected chi connectivity index (χ2v) is 8.36. The predicted octanol–water partition coefficient (Wildman–Crippen LogP) is 3.07. The molecule has 1 atom stereocenters. The van der Waals surface area contributed by atoms with Crippen LogP contribution in [0.4, 0.5) is 0 Å². The fourth-order valence-corrected chi connectivity index (χ4v) is 4.09. The van der Waals surface area contributed by atoms with Crippen LogP contribution in [0.1, 0.15) is 12.8 Å². The lowest BCUT2D eigenvalue weighted by Gasteiger charge is -2.29. The van der Waals surface area contributed by atoms with Crippen molar-refractivity contribution >= 4 is 38.4 Å². The minimum Gasteiger partial charge on any atom is -0.426 e. The van der Waals surface area contributed by atoms with Crippen molar-refractivity contribution < 1.29 is 17.9 Å². The number of halogens is 1. The Morgan fingerprint density at radius 2 is 1.92 bits per heavy atom. The molecule has 2 aromatic carbocycles. The SMILES string of the molecule is CS(=O)(=O)N1CCC[C@@H](C(=O)Oc2ccc(Cl)c3ccccc23)C1. The van der Waals surface area contributed by atoms with Crippen LogP contribution in [0.3, 0.4) is 0 Å². The normalized spacial score (nSPS) is 19.3. The Labute approximate surface area is 146 Å². The van der Waals surface area contributed by atoms with Gasteiger partial charge in [-0.2, -0.15) is 0 Å². The van der Waals surface area contributed by atoms with Crippen molar-refractivity contribution in [1.82, 2.24) is 4.31 Å². The molecule has 3 rings (SSSR count). The zero-order valence-corrected chi connectivity index (χ0v) is 14.8. The smallest absolute Gasteiger partial charge is 0.315 e. The molecule has 0 aliphatic carbocycles. The summed E-state index contributed by atoms with van der Waals surface area (Å²) >= 11 is 6.17. The summed E-state index contributed by atoms with van der Waals surface area (Å²) < 4.78 is 30.3. The van der Waals surface area contributed by atoms with Crippen molar-refractivity contribution in [3.63, 3.8) is 0 Å². The van der Waals surface area contributed by atoms with Gasteiger partial charge in [-0.15, -0.1) is 0 Å². The van der Waals surface area contributed by atoms with E-state index < -0.39 is 21.9 Å². The molecule has 0 spiro atoms. The molecule has 5 nitrogen and oxygen atoms in total. The Morgan fingerprint density at radius 3 is 2.62 bits per heavy atom. The van der Waals surface area contributed by atoms with Gasteiger partial charge in [-0.05, 0) is 25.0 Å². The zero-order valence-electron chi connectivity index (χ0n) is 13.2. The Bertz CT molecular complexity index is 881. The van der Waals surface area contributed by atoms with Crippen LogP contribution >= 0.6 is 11.6 Å². The van der Waals surface area contributed by atoms with E-state index in [1.165, 1.54) is 4.31 Å². The summed E-state index contributed by atoms with van der Waals surface area (Å²) in [4.78, 5) is 12.5. The number of hydrogen-bond donors (Lipinski definition) is 0. The summed E-state index contributed by atoms with van der Waals surface area (Å²) in [6.07, 6.45) is 2.43. The van der Waals surface area contributed by atoms with Crippen LogP contribution in [0.5, 0.6) is 5.75 Å². The Morgan fingerprint density at radius 1 is 1.21 bits per heavy atom. The van der Waals surface area contributed by atoms with Gasteiger partial charge in [0, 0.05) is 28.9 Å². The van der Waals surface area contributed by atoms with Crippen molar-refractivity contribution in [2.45, 2.75) is 12.8 Å². The number of piperidine rings is 1. The molecule has 1 aliphatic rings. The molecule has 24 heavy (non-hydrogen) atoms. The Kier molecular flexibility index (Phi) is 4.80. The molecule has 0 radical (unpaired) electrons. The monoisotopic (exact) mass is 367 g/mol. The van der Waals surface area contributed by atoms with Crippen LogP contribution in [-0.4, -0.2) is 38.0 Å². The maximum absolute atomic E-state index is 12.5. The predicted molar refractivity (Wildman–Crippen MR) is 93.7 cm³/mol. The minimum atomic E-state index is -3.30. The Balaban J connectivity index is 1.82. The number of esters is 1. The molecule has 1 fully saturated rings. The second kappa shape index (κ2) is 6.70. The van der Waals surface area contributed by atoms with Gasteiger partial charge in [-0.1, -0.05) is 35.9 Å². The summed E-state index contributed by atoms with van der Waals surface area (Å²) in [6, 6.07) is 10.8. The molecular formula is C17H18ClNO4S. The summed E-state index contributed by atoms with van der Waals surface area (Å²) in [7, 11) is -3.30. The highest BCUT2D eigenvalue weighted by Crippen LogP contribution is 2.32. The molecule has 1 saturated heterocycles. The molecule has 0 amide bonds. The van der Waals surface area contributed by atoms with Crippen molar-refractivity contribution in [3.05, 3.63) is 41.4 Å². The van der Waals surface area contributed by atoms with Crippen molar-refractivity contribution in [2.75, 3.05) is 19.3 Å². The third-order valence-electron chi connectivity index (χ3n) is 4.23. The van der Waals surface area contributed by atoms with Gasteiger partial charge < -0.3 is 4.74 Å². The quantitative estimate of drug-likeness (QED) is 0.617. The highest BCUT2D eigenvalue weighted by Gasteiger charge is 2.31. The second-order valence-electron chi connectivity index (χ2n) is 5.97. The highest BCUT2D eigenvalue weighted by molar-refractivity contribution is 7.88. The van der Waals surface area contributed by atoms with E-state index in [-0.39, 0.29) is 6.54 Å². The van der Waals surface area contributed by atoms with Gasteiger partial charge in [-0.3, -0.25) is 4.79 Å². The summed E-state index contributed by atoms with van der Waals surface area (Å²) in [5.74, 6) is -0.421. The number of fused-ring (bicyclic) bond motifs is 1. The molecule has 1 aliphatic heterocycles. The van der Waals surface area contributed by atoms with Crippen LogP contribution in [0, 0.1) is 5.92 Å². The molecule has 2 aromatic rings. The number of ether oxygens (including phenoxy) is 1. The summed E-state index contributed by atoms with van der Waals surface area (Å²) in [5.41, 5.74) is 0. The molecule has 0 aromatic heterocycles. The molecule has 7 heteroatoms. The lowest BCUT2D eigenvalue weighted by atomic mass is 10.00. The van der Waals surface area contributed by atoms with Gasteiger partial charge in [0.2, 0.25) is 10.0 Å². The number of nitrogens with zero attached hydrogens (tertiary/aromatic N) is 1. The molecule has 0 bridgehead atoms. The first-order valence-corrected chi connectivity index (χ1v) is 9.93. The molecule has 0 saturated carbocycles. The maximum Gasteiger partial charge on any atom is 0.315 e. The van der Waals surface area contributed by atoms with Gasteiger partial charge in [0.25, 0.3) is 0 Å². The molecule has 128 valence electrons. The molecule has 0 N–H and O–H groups in total. The maximum atomic E-state index is 12.5. The van der Waals surface area contributed by atoms with E-state index in [1.807, 2.05) is 24.3 Å². The minimum absolute atomic E-state index is 0.170. The van der Waals surface area contributed by atoms with Crippen molar-refractivity contribution in [3.8, 4) is 5.75 Å². The number of sulfonamides is 1. The molecule has 1 heterocycles. The van der Waals surface area contributed by atoms with Crippen LogP contribution < -0.4 is 4.74 Å². The number of carbonyl (C=O) groups excluding carboxylic acids is 1. The highest BCUT2D eigenvalue weighted by atomic mass is 35.5. The van der Waals surface area contributed by atoms with Gasteiger partial charge in [-0.25, -0.2) is 12.7 Å². The number of carbonyl (C=O) groups is 1. The Hall–Kier alpha value is -1.63. The molecule has 0 unspecified atom stereocenters. The van der Waals surface area contributed by atoms with Gasteiger partial charge in [0.15, 0.2) is 0 Å². The largest absolute Gasteiger partial charge is 0.426 e. The summed E-state index contributed by atoms with van der Waals surface area (Å²) in [6.45, 7) is 0.621. The van der Waals surface area contributed by atoms with Crippen molar-refractivity contribution in [2.24, 2.45) is 5.92 Å². The fourth-order valence-electron chi connectivity index (χ4n) is 2.95. The van der Waals surface area contributed by atoms with Gasteiger partial charge in [0.05, 0.1) is 12.2 Å². The van der Waals surface area contributed by atoms with Crippen molar-refractivity contribution in [1.29, 1.82) is 0 Å². The first-order valence-electron chi connectivity index (χ1n) is 7.70. The zero-order chi connectivity index (χ0) is 17.3. The van der Waals surface area contributed by atoms with Crippen LogP contribution in [0.2, 0.25) is 5.02 Å². The average molecular weight is 368 g/mol. The van der Waals surface area contributed by atoms with Crippen LogP contribution in [-0.2, 0) is 14.8 Å². The van der Waals surface area contributed by atoms with Gasteiger partial charge >= 0.3 is 5.97 Å². The van der Waals surface area contributed by atoms with E-state index in [0.29, 0.717) is 30.2 Å². The molecular weight excluding hydrogens is 350 g/mol. The fraction of sp³-hybridized carbons (Fsp3) is 0.353. The average Bonchev–Trinajstić information content (AvgIpc) is 2.57. The summed E-state index contributed by atoms with van der Waals surface area (Å²) in [5, 5.41) is 2.16. The lowest BCUT2D eigenvalue weighted by Crippen LogP contribution is -2.42. The number of benzene rings is 2. The van der Waals surface area contributed by atoms with Gasteiger partial charge in [0.1, 0.15) is 5.75 Å². The van der Waals surface area contributed by atoms with E-state index >= 15 is 0 Å². The van der Waals surface area contributed by atoms with Crippen LogP contribution in [0.15, 0.2) is 36.4 Å². The number of hydrogen-bond acceptors (Lipinski definition) is 4. The standard InChI is InChI=1S/C17H18ClNO4S/c1-24(21,22)19-10-4-5-12(11-19)17(20)23-16-9-8-15(18)13-6-2-3-7-14(13)16/h2-3,6-9,12H,4-5,10-11H2,1H3/t12-/m1/s1. The first kappa shape index (κ1) is 17.2. The third kappa shape index (κ3) is 3.55. The third-order valence-corrected chi connectivity index (χ3v) is 5.83. The van der Waals surface area contributed by atoms with Crippen LogP contribution in [0.25, 0.3) is 10.8 Å². The van der Waals surface area contributed by atoms with E-state index in [0.717, 1.165) is 17.0 Å².